The molecule has 20 heavy (non-hydrogen) atoms. The number of nitrogens with one attached hydrogen (secondary N) is 2. The van der Waals surface area contributed by atoms with Gasteiger partial charge in [-0.1, -0.05) is 0 Å². The van der Waals surface area contributed by atoms with E-state index in [-0.39, 0.29) is 17.9 Å². The predicted molar refractivity (Wildman–Crippen MR) is 78.4 cm³/mol. The van der Waals surface area contributed by atoms with E-state index in [1.165, 1.54) is 0 Å². The number of anilines is 1. The molecule has 5 heteroatoms. The zero-order valence-electron chi connectivity index (χ0n) is 11.9. The van der Waals surface area contributed by atoms with E-state index in [1.807, 2.05) is 13.8 Å². The molecule has 0 aromatic heterocycles. The minimum Gasteiger partial charge on any atom is -0.350 e. The fourth-order valence-corrected chi connectivity index (χ4v) is 2.09. The molecule has 0 bridgehead atoms. The van der Waals surface area contributed by atoms with Crippen LogP contribution < -0.4 is 16.4 Å². The Morgan fingerprint density at radius 3 is 2.25 bits per heavy atom. The second kappa shape index (κ2) is 5.63. The summed E-state index contributed by atoms with van der Waals surface area (Å²) in [6.07, 6.45) is 2.46. The molecule has 1 aromatic carbocycles. The Morgan fingerprint density at radius 2 is 1.80 bits per heavy atom. The summed E-state index contributed by atoms with van der Waals surface area (Å²) in [6, 6.07) is 6.91. The number of carbonyl (C=O) groups is 2. The van der Waals surface area contributed by atoms with Crippen molar-refractivity contribution in [3.05, 3.63) is 29.8 Å². The first-order valence-corrected chi connectivity index (χ1v) is 6.92. The van der Waals surface area contributed by atoms with Crippen LogP contribution in [0.15, 0.2) is 24.3 Å². The lowest BCUT2D eigenvalue weighted by Crippen LogP contribution is -2.56. The molecule has 2 amide bonds. The molecule has 0 saturated heterocycles. The van der Waals surface area contributed by atoms with Crippen LogP contribution in [-0.2, 0) is 4.79 Å². The summed E-state index contributed by atoms with van der Waals surface area (Å²) in [6.45, 7) is 3.82. The maximum absolute atomic E-state index is 12.0. The van der Waals surface area contributed by atoms with E-state index in [0.717, 1.165) is 19.3 Å². The van der Waals surface area contributed by atoms with Crippen LogP contribution in [-0.4, -0.2) is 23.4 Å². The normalized spacial score (nSPS) is 16.4. The number of rotatable bonds is 4. The quantitative estimate of drug-likeness (QED) is 0.781. The zero-order valence-corrected chi connectivity index (χ0v) is 11.9. The van der Waals surface area contributed by atoms with Gasteiger partial charge in [-0.15, -0.1) is 0 Å². The predicted octanol–water partition coefficient (Wildman–Crippen LogP) is 1.64. The molecule has 1 aliphatic rings. The Hall–Kier alpha value is -1.88. The molecule has 108 valence electrons. The maximum Gasteiger partial charge on any atom is 0.251 e. The zero-order chi connectivity index (χ0) is 14.8. The third-order valence-corrected chi connectivity index (χ3v) is 3.52. The van der Waals surface area contributed by atoms with Crippen molar-refractivity contribution in [2.75, 3.05) is 5.32 Å². The average molecular weight is 275 g/mol. The van der Waals surface area contributed by atoms with E-state index in [9.17, 15) is 9.59 Å². The van der Waals surface area contributed by atoms with Crippen LogP contribution in [0.5, 0.6) is 0 Å². The summed E-state index contributed by atoms with van der Waals surface area (Å²) < 4.78 is 0. The van der Waals surface area contributed by atoms with Crippen molar-refractivity contribution >= 4 is 17.5 Å². The Balaban J connectivity index is 1.98. The number of hydrogen-bond acceptors (Lipinski definition) is 3. The smallest absolute Gasteiger partial charge is 0.251 e. The Labute approximate surface area is 118 Å². The van der Waals surface area contributed by atoms with Gasteiger partial charge < -0.3 is 16.4 Å². The lowest BCUT2D eigenvalue weighted by Gasteiger charge is -2.36. The number of amides is 2. The molecule has 1 fully saturated rings. The van der Waals surface area contributed by atoms with E-state index in [2.05, 4.69) is 10.6 Å². The van der Waals surface area contributed by atoms with Crippen molar-refractivity contribution in [2.24, 2.45) is 5.73 Å². The van der Waals surface area contributed by atoms with E-state index in [1.54, 1.807) is 24.3 Å². The third-order valence-electron chi connectivity index (χ3n) is 3.52. The molecule has 0 atom stereocenters. The first kappa shape index (κ1) is 14.5. The lowest BCUT2D eigenvalue weighted by molar-refractivity contribution is -0.123. The molecule has 0 aliphatic heterocycles. The third kappa shape index (κ3) is 3.17. The van der Waals surface area contributed by atoms with Gasteiger partial charge in [-0.05, 0) is 57.4 Å². The van der Waals surface area contributed by atoms with Gasteiger partial charge in [0.25, 0.3) is 5.91 Å². The fraction of sp³-hybridized carbons (Fsp3) is 0.467. The highest BCUT2D eigenvalue weighted by Gasteiger charge is 2.40. The molecule has 0 spiro atoms. The minimum absolute atomic E-state index is 0.0950. The molecule has 0 radical (unpaired) electrons. The van der Waals surface area contributed by atoms with Gasteiger partial charge >= 0.3 is 0 Å². The molecule has 1 aromatic rings. The first-order chi connectivity index (χ1) is 9.40. The van der Waals surface area contributed by atoms with E-state index in [4.69, 9.17) is 5.73 Å². The molecule has 4 N–H and O–H groups in total. The van der Waals surface area contributed by atoms with Crippen molar-refractivity contribution in [1.29, 1.82) is 0 Å². The van der Waals surface area contributed by atoms with Crippen molar-refractivity contribution in [3.63, 3.8) is 0 Å². The van der Waals surface area contributed by atoms with Gasteiger partial charge in [0.2, 0.25) is 5.91 Å². The van der Waals surface area contributed by atoms with Crippen molar-refractivity contribution in [3.8, 4) is 0 Å². The maximum atomic E-state index is 12.0. The summed E-state index contributed by atoms with van der Waals surface area (Å²) in [5, 5.41) is 5.61. The molecule has 2 rings (SSSR count). The second-order valence-corrected chi connectivity index (χ2v) is 5.67. The van der Waals surface area contributed by atoms with E-state index in [0.29, 0.717) is 11.3 Å². The summed E-state index contributed by atoms with van der Waals surface area (Å²) in [5.41, 5.74) is 6.47. The van der Waals surface area contributed by atoms with Crippen molar-refractivity contribution in [1.82, 2.24) is 5.32 Å². The molecule has 5 nitrogen and oxygen atoms in total. The highest BCUT2D eigenvalue weighted by molar-refractivity contribution is 5.99. The Bertz CT molecular complexity index is 504. The number of nitrogens with two attached hydrogens (primary N) is 1. The molecular weight excluding hydrogens is 254 g/mol. The monoisotopic (exact) mass is 275 g/mol. The molecule has 0 unspecified atom stereocenters. The van der Waals surface area contributed by atoms with Crippen LogP contribution in [0.2, 0.25) is 0 Å². The Kier molecular flexibility index (Phi) is 4.09. The van der Waals surface area contributed by atoms with E-state index >= 15 is 0 Å². The van der Waals surface area contributed by atoms with Gasteiger partial charge in [-0.2, -0.15) is 0 Å². The highest BCUT2D eigenvalue weighted by atomic mass is 16.2. The largest absolute Gasteiger partial charge is 0.350 e. The van der Waals surface area contributed by atoms with Crippen LogP contribution in [0.3, 0.4) is 0 Å². The molecule has 0 heterocycles. The number of benzene rings is 1. The van der Waals surface area contributed by atoms with Crippen molar-refractivity contribution in [2.45, 2.75) is 44.7 Å². The highest BCUT2D eigenvalue weighted by Crippen LogP contribution is 2.30. The summed E-state index contributed by atoms with van der Waals surface area (Å²) in [5.74, 6) is -0.268. The summed E-state index contributed by atoms with van der Waals surface area (Å²) in [7, 11) is 0. The Morgan fingerprint density at radius 1 is 1.20 bits per heavy atom. The number of carbonyl (C=O) groups excluding carboxylic acids is 2. The lowest BCUT2D eigenvalue weighted by atomic mass is 9.77. The fourth-order valence-electron chi connectivity index (χ4n) is 2.09. The summed E-state index contributed by atoms with van der Waals surface area (Å²) in [4.78, 5) is 23.8. The van der Waals surface area contributed by atoms with Crippen LogP contribution in [0.4, 0.5) is 5.69 Å². The summed E-state index contributed by atoms with van der Waals surface area (Å²) >= 11 is 0. The minimum atomic E-state index is -0.715. The average Bonchev–Trinajstić information content (AvgIpc) is 2.35. The first-order valence-electron chi connectivity index (χ1n) is 6.92. The van der Waals surface area contributed by atoms with Crippen LogP contribution in [0.25, 0.3) is 0 Å². The molecular formula is C15H21N3O2. The number of hydrogen-bond donors (Lipinski definition) is 3. The molecule has 1 saturated carbocycles. The van der Waals surface area contributed by atoms with Crippen LogP contribution in [0.1, 0.15) is 43.5 Å². The van der Waals surface area contributed by atoms with Gasteiger partial charge in [0.1, 0.15) is 0 Å². The van der Waals surface area contributed by atoms with Crippen LogP contribution >= 0.6 is 0 Å². The standard InChI is InChI=1S/C15H21N3O2/c1-10(2)17-13(19)11-4-6-12(7-5-11)18-14(20)15(16)8-3-9-15/h4-7,10H,3,8-9,16H2,1-2H3,(H,17,19)(H,18,20). The molecule has 1 aliphatic carbocycles. The van der Waals surface area contributed by atoms with E-state index < -0.39 is 5.54 Å². The van der Waals surface area contributed by atoms with Crippen molar-refractivity contribution < 1.29 is 9.59 Å². The van der Waals surface area contributed by atoms with Gasteiger partial charge in [0, 0.05) is 17.3 Å². The topological polar surface area (TPSA) is 84.2 Å². The van der Waals surface area contributed by atoms with Gasteiger partial charge in [0.15, 0.2) is 0 Å². The second-order valence-electron chi connectivity index (χ2n) is 5.67. The van der Waals surface area contributed by atoms with Gasteiger partial charge in [0.05, 0.1) is 5.54 Å². The van der Waals surface area contributed by atoms with Gasteiger partial charge in [-0.25, -0.2) is 0 Å². The van der Waals surface area contributed by atoms with Crippen LogP contribution in [0, 0.1) is 0 Å². The van der Waals surface area contributed by atoms with Gasteiger partial charge in [-0.3, -0.25) is 9.59 Å². The SMILES string of the molecule is CC(C)NC(=O)c1ccc(NC(=O)C2(N)CCC2)cc1.